The first-order chi connectivity index (χ1) is 9.50. The number of urea groups is 1. The highest BCUT2D eigenvalue weighted by Gasteiger charge is 2.20. The summed E-state index contributed by atoms with van der Waals surface area (Å²) in [6, 6.07) is 11.0. The van der Waals surface area contributed by atoms with Crippen LogP contribution in [0.25, 0.3) is 0 Å². The molecule has 20 heavy (non-hydrogen) atoms. The Morgan fingerprint density at radius 1 is 1.20 bits per heavy atom. The van der Waals surface area contributed by atoms with Gasteiger partial charge < -0.3 is 10.8 Å². The number of anilines is 2. The number of primary amides is 1. The summed E-state index contributed by atoms with van der Waals surface area (Å²) in [5, 5.41) is 20.5. The largest absolute Gasteiger partial charge is 0.505 e. The maximum atomic E-state index is 11.6. The van der Waals surface area contributed by atoms with Crippen LogP contribution in [-0.2, 0) is 0 Å². The van der Waals surface area contributed by atoms with Crippen LogP contribution in [0.2, 0.25) is 0 Å². The maximum absolute atomic E-state index is 11.6. The van der Waals surface area contributed by atoms with E-state index in [0.717, 1.165) is 11.0 Å². The zero-order valence-electron chi connectivity index (χ0n) is 10.3. The quantitative estimate of drug-likeness (QED) is 0.661. The van der Waals surface area contributed by atoms with Crippen molar-refractivity contribution >= 4 is 23.1 Å². The molecule has 3 N–H and O–H groups in total. The summed E-state index contributed by atoms with van der Waals surface area (Å²) in [5.74, 6) is -0.401. The van der Waals surface area contributed by atoms with E-state index in [-0.39, 0.29) is 11.4 Å². The smallest absolute Gasteiger partial charge is 0.324 e. The zero-order valence-corrected chi connectivity index (χ0v) is 10.3. The molecule has 0 saturated carbocycles. The van der Waals surface area contributed by atoms with Gasteiger partial charge in [0.25, 0.3) is 5.69 Å². The van der Waals surface area contributed by atoms with Gasteiger partial charge in [0.1, 0.15) is 5.75 Å². The van der Waals surface area contributed by atoms with Gasteiger partial charge in [0.2, 0.25) is 0 Å². The molecule has 0 bridgehead atoms. The molecular formula is C13H11N3O4. The number of nitro groups is 1. The first-order valence-corrected chi connectivity index (χ1v) is 5.62. The van der Waals surface area contributed by atoms with Crippen molar-refractivity contribution in [3.8, 4) is 5.75 Å². The van der Waals surface area contributed by atoms with Crippen LogP contribution in [0.15, 0.2) is 48.5 Å². The average Bonchev–Trinajstić information content (AvgIpc) is 2.41. The van der Waals surface area contributed by atoms with Crippen molar-refractivity contribution < 1.29 is 14.8 Å². The fraction of sp³-hybridized carbons (Fsp3) is 0. The summed E-state index contributed by atoms with van der Waals surface area (Å²) in [5.41, 5.74) is 5.56. The maximum Gasteiger partial charge on any atom is 0.324 e. The van der Waals surface area contributed by atoms with Crippen LogP contribution in [-0.4, -0.2) is 16.1 Å². The van der Waals surface area contributed by atoms with Crippen LogP contribution in [0.5, 0.6) is 5.75 Å². The van der Waals surface area contributed by atoms with Crippen LogP contribution in [0, 0.1) is 10.1 Å². The molecule has 2 amide bonds. The van der Waals surface area contributed by atoms with E-state index in [0.29, 0.717) is 5.69 Å². The molecule has 7 nitrogen and oxygen atoms in total. The minimum Gasteiger partial charge on any atom is -0.505 e. The van der Waals surface area contributed by atoms with Gasteiger partial charge >= 0.3 is 6.03 Å². The highest BCUT2D eigenvalue weighted by Crippen LogP contribution is 2.35. The summed E-state index contributed by atoms with van der Waals surface area (Å²) in [4.78, 5) is 22.6. The number of rotatable bonds is 3. The zero-order chi connectivity index (χ0) is 14.7. The minimum atomic E-state index is -0.805. The first-order valence-electron chi connectivity index (χ1n) is 5.62. The number of phenolic OH excluding ortho intramolecular Hbond substituents is 1. The van der Waals surface area contributed by atoms with Gasteiger partial charge in [-0.25, -0.2) is 4.79 Å². The third-order valence-electron chi connectivity index (χ3n) is 2.65. The lowest BCUT2D eigenvalue weighted by atomic mass is 10.2. The molecule has 0 radical (unpaired) electrons. The van der Waals surface area contributed by atoms with E-state index in [9.17, 15) is 20.0 Å². The molecule has 2 aromatic carbocycles. The van der Waals surface area contributed by atoms with Gasteiger partial charge in [-0.3, -0.25) is 15.0 Å². The van der Waals surface area contributed by atoms with E-state index in [2.05, 4.69) is 0 Å². The topological polar surface area (TPSA) is 110 Å². The van der Waals surface area contributed by atoms with Gasteiger partial charge in [0.15, 0.2) is 0 Å². The second kappa shape index (κ2) is 5.27. The number of benzene rings is 2. The molecule has 0 fully saturated rings. The number of para-hydroxylation sites is 1. The molecule has 102 valence electrons. The number of non-ortho nitro benzene ring substituents is 1. The van der Waals surface area contributed by atoms with Crippen molar-refractivity contribution in [1.82, 2.24) is 0 Å². The summed E-state index contributed by atoms with van der Waals surface area (Å²) >= 11 is 0. The Hall–Kier alpha value is -3.09. The SMILES string of the molecule is NC(=O)N(c1ccccc1)c1ccc([N+](=O)[O-])cc1O. The molecule has 0 spiro atoms. The predicted octanol–water partition coefficient (Wildman–Crippen LogP) is 2.52. The van der Waals surface area contributed by atoms with Gasteiger partial charge in [-0.1, -0.05) is 18.2 Å². The molecule has 2 rings (SSSR count). The standard InChI is InChI=1S/C13H11N3O4/c14-13(18)15(9-4-2-1-3-5-9)11-7-6-10(16(19)20)8-12(11)17/h1-8,17H,(H2,14,18). The van der Waals surface area contributed by atoms with Crippen LogP contribution in [0.3, 0.4) is 0 Å². The average molecular weight is 273 g/mol. The van der Waals surface area contributed by atoms with E-state index in [1.54, 1.807) is 30.3 Å². The lowest BCUT2D eigenvalue weighted by Crippen LogP contribution is -2.31. The van der Waals surface area contributed by atoms with E-state index in [1.807, 2.05) is 0 Å². The minimum absolute atomic E-state index is 0.0781. The number of carbonyl (C=O) groups is 1. The second-order valence-corrected chi connectivity index (χ2v) is 3.94. The summed E-state index contributed by atoms with van der Waals surface area (Å²) < 4.78 is 0. The van der Waals surface area contributed by atoms with Crippen LogP contribution >= 0.6 is 0 Å². The number of nitrogens with zero attached hydrogens (tertiary/aromatic N) is 2. The number of amides is 2. The number of phenols is 1. The highest BCUT2D eigenvalue weighted by atomic mass is 16.6. The van der Waals surface area contributed by atoms with Crippen LogP contribution in [0.1, 0.15) is 0 Å². The number of carbonyl (C=O) groups excluding carboxylic acids is 1. The summed E-state index contributed by atoms with van der Waals surface area (Å²) in [6.45, 7) is 0. The molecule has 0 aliphatic rings. The molecule has 0 aliphatic heterocycles. The second-order valence-electron chi connectivity index (χ2n) is 3.94. The molecule has 0 atom stereocenters. The number of nitro benzene ring substituents is 1. The Kier molecular flexibility index (Phi) is 3.52. The number of aromatic hydroxyl groups is 1. The highest BCUT2D eigenvalue weighted by molar-refractivity contribution is 5.99. The first kappa shape index (κ1) is 13.3. The van der Waals surface area contributed by atoms with Crippen molar-refractivity contribution in [1.29, 1.82) is 0 Å². The molecule has 0 unspecified atom stereocenters. The number of nitrogens with two attached hydrogens (primary N) is 1. The Bertz CT molecular complexity index is 658. The van der Waals surface area contributed by atoms with Gasteiger partial charge in [-0.2, -0.15) is 0 Å². The molecular weight excluding hydrogens is 262 g/mol. The normalized spacial score (nSPS) is 10.0. The van der Waals surface area contributed by atoms with Gasteiger partial charge in [0, 0.05) is 6.07 Å². The number of hydrogen-bond donors (Lipinski definition) is 2. The van der Waals surface area contributed by atoms with Crippen molar-refractivity contribution in [2.24, 2.45) is 5.73 Å². The van der Waals surface area contributed by atoms with Gasteiger partial charge in [-0.15, -0.1) is 0 Å². The van der Waals surface area contributed by atoms with E-state index in [4.69, 9.17) is 5.73 Å². The van der Waals surface area contributed by atoms with E-state index in [1.165, 1.54) is 12.1 Å². The molecule has 7 heteroatoms. The van der Waals surface area contributed by atoms with Crippen molar-refractivity contribution in [2.75, 3.05) is 4.90 Å². The lowest BCUT2D eigenvalue weighted by molar-refractivity contribution is -0.384. The van der Waals surface area contributed by atoms with Crippen LogP contribution in [0.4, 0.5) is 21.9 Å². The Morgan fingerprint density at radius 2 is 1.85 bits per heavy atom. The van der Waals surface area contributed by atoms with Crippen molar-refractivity contribution in [3.05, 3.63) is 58.6 Å². The summed E-state index contributed by atoms with van der Waals surface area (Å²) in [6.07, 6.45) is 0. The molecule has 0 aromatic heterocycles. The molecule has 0 saturated heterocycles. The third kappa shape index (κ3) is 2.51. The lowest BCUT2D eigenvalue weighted by Gasteiger charge is -2.21. The predicted molar refractivity (Wildman–Crippen MR) is 72.9 cm³/mol. The van der Waals surface area contributed by atoms with Gasteiger partial charge in [-0.05, 0) is 18.2 Å². The fourth-order valence-corrected chi connectivity index (χ4v) is 1.78. The van der Waals surface area contributed by atoms with Crippen LogP contribution < -0.4 is 10.6 Å². The molecule has 0 aliphatic carbocycles. The molecule has 2 aromatic rings. The molecule has 0 heterocycles. The van der Waals surface area contributed by atoms with Crippen molar-refractivity contribution in [3.63, 3.8) is 0 Å². The fourth-order valence-electron chi connectivity index (χ4n) is 1.78. The Balaban J connectivity index is 2.51. The van der Waals surface area contributed by atoms with Crippen molar-refractivity contribution in [2.45, 2.75) is 0 Å². The third-order valence-corrected chi connectivity index (χ3v) is 2.65. The van der Waals surface area contributed by atoms with E-state index < -0.39 is 16.7 Å². The van der Waals surface area contributed by atoms with Gasteiger partial charge in [0.05, 0.1) is 22.4 Å². The van der Waals surface area contributed by atoms with E-state index >= 15 is 0 Å². The Labute approximate surface area is 114 Å². The number of hydrogen-bond acceptors (Lipinski definition) is 4. The Morgan fingerprint density at radius 3 is 2.35 bits per heavy atom. The summed E-state index contributed by atoms with van der Waals surface area (Å²) in [7, 11) is 0. The monoisotopic (exact) mass is 273 g/mol.